The number of rotatable bonds is 2. The van der Waals surface area contributed by atoms with Crippen LogP contribution in [0.3, 0.4) is 0 Å². The number of nitrogens with zero attached hydrogens (tertiary/aromatic N) is 1. The van der Waals surface area contributed by atoms with Crippen LogP contribution >= 0.6 is 0 Å². The van der Waals surface area contributed by atoms with E-state index in [0.29, 0.717) is 11.3 Å². The molecule has 0 fully saturated rings. The summed E-state index contributed by atoms with van der Waals surface area (Å²) in [5, 5.41) is 0. The molecule has 0 atom stereocenters. The van der Waals surface area contributed by atoms with Crippen molar-refractivity contribution in [2.45, 2.75) is 12.8 Å². The standard InChI is InChI=1S/C12H15NO2S/c1-13(2)16(14,15)12-8-7-10-5-3-4-6-11(10)9-12/h3-6,9H,7-8H2,1-2H3. The zero-order chi connectivity index (χ0) is 11.8. The largest absolute Gasteiger partial charge is 0.238 e. The molecule has 1 aromatic rings. The lowest BCUT2D eigenvalue weighted by Gasteiger charge is -2.19. The minimum absolute atomic E-state index is 0.510. The van der Waals surface area contributed by atoms with E-state index in [1.165, 1.54) is 9.87 Å². The van der Waals surface area contributed by atoms with Crippen molar-refractivity contribution < 1.29 is 8.42 Å². The van der Waals surface area contributed by atoms with Crippen LogP contribution in [0.5, 0.6) is 0 Å². The second-order valence-corrected chi connectivity index (χ2v) is 6.30. The molecule has 0 saturated heterocycles. The van der Waals surface area contributed by atoms with Crippen LogP contribution in [0.4, 0.5) is 0 Å². The van der Waals surface area contributed by atoms with Gasteiger partial charge < -0.3 is 0 Å². The van der Waals surface area contributed by atoms with E-state index in [1.54, 1.807) is 20.2 Å². The molecule has 1 aromatic carbocycles. The van der Waals surface area contributed by atoms with Crippen molar-refractivity contribution in [2.24, 2.45) is 0 Å². The highest BCUT2D eigenvalue weighted by molar-refractivity contribution is 7.93. The summed E-state index contributed by atoms with van der Waals surface area (Å²) in [5.74, 6) is 0. The summed E-state index contributed by atoms with van der Waals surface area (Å²) in [6.07, 6.45) is 3.18. The number of aryl methyl sites for hydroxylation is 1. The number of sulfonamides is 1. The van der Waals surface area contributed by atoms with Gasteiger partial charge in [-0.3, -0.25) is 0 Å². The van der Waals surface area contributed by atoms with Gasteiger partial charge in [-0.15, -0.1) is 0 Å². The van der Waals surface area contributed by atoms with Crippen molar-refractivity contribution in [2.75, 3.05) is 14.1 Å². The summed E-state index contributed by atoms with van der Waals surface area (Å²) in [5.41, 5.74) is 2.24. The van der Waals surface area contributed by atoms with Gasteiger partial charge in [0.25, 0.3) is 0 Å². The molecule has 0 heterocycles. The van der Waals surface area contributed by atoms with Crippen molar-refractivity contribution in [3.05, 3.63) is 40.3 Å². The summed E-state index contributed by atoms with van der Waals surface area (Å²) in [4.78, 5) is 0.510. The highest BCUT2D eigenvalue weighted by Gasteiger charge is 2.23. The van der Waals surface area contributed by atoms with E-state index >= 15 is 0 Å². The van der Waals surface area contributed by atoms with Gasteiger partial charge in [-0.2, -0.15) is 0 Å². The number of fused-ring (bicyclic) bond motifs is 1. The Morgan fingerprint density at radius 3 is 2.50 bits per heavy atom. The normalized spacial score (nSPS) is 15.8. The predicted octanol–water partition coefficient (Wildman–Crippen LogP) is 1.87. The zero-order valence-corrected chi connectivity index (χ0v) is 10.3. The third-order valence-corrected chi connectivity index (χ3v) is 4.77. The highest BCUT2D eigenvalue weighted by Crippen LogP contribution is 2.27. The first-order valence-electron chi connectivity index (χ1n) is 5.23. The Bertz CT molecular complexity index is 530. The molecule has 0 aromatic heterocycles. The molecule has 0 saturated carbocycles. The van der Waals surface area contributed by atoms with E-state index in [4.69, 9.17) is 0 Å². The molecule has 16 heavy (non-hydrogen) atoms. The Balaban J connectivity index is 2.46. The Morgan fingerprint density at radius 1 is 1.12 bits per heavy atom. The second-order valence-electron chi connectivity index (χ2n) is 4.10. The molecule has 0 radical (unpaired) electrons. The summed E-state index contributed by atoms with van der Waals surface area (Å²) >= 11 is 0. The smallest absolute Gasteiger partial charge is 0.207 e. The molecule has 0 amide bonds. The Kier molecular flexibility index (Phi) is 2.86. The van der Waals surface area contributed by atoms with Gasteiger partial charge in [-0.05, 0) is 30.0 Å². The molecular weight excluding hydrogens is 222 g/mol. The number of hydrogen-bond donors (Lipinski definition) is 0. The molecular formula is C12H15NO2S. The van der Waals surface area contributed by atoms with E-state index in [9.17, 15) is 8.42 Å². The lowest BCUT2D eigenvalue weighted by atomic mass is 9.98. The molecule has 0 bridgehead atoms. The van der Waals surface area contributed by atoms with Gasteiger partial charge in [-0.1, -0.05) is 24.3 Å². The van der Waals surface area contributed by atoms with Gasteiger partial charge in [0.05, 0.1) is 4.91 Å². The van der Waals surface area contributed by atoms with Crippen LogP contribution in [0.1, 0.15) is 17.5 Å². The first-order chi connectivity index (χ1) is 7.51. The molecule has 0 spiro atoms. The number of allylic oxidation sites excluding steroid dienone is 1. The molecule has 2 rings (SSSR count). The molecule has 0 N–H and O–H groups in total. The van der Waals surface area contributed by atoms with Crippen LogP contribution in [-0.4, -0.2) is 26.8 Å². The monoisotopic (exact) mass is 237 g/mol. The fourth-order valence-electron chi connectivity index (χ4n) is 1.84. The molecule has 0 aliphatic heterocycles. The van der Waals surface area contributed by atoms with Gasteiger partial charge in [-0.25, -0.2) is 12.7 Å². The maximum Gasteiger partial charge on any atom is 0.238 e. The summed E-state index contributed by atoms with van der Waals surface area (Å²) in [6, 6.07) is 7.92. The Hall–Kier alpha value is -1.13. The third kappa shape index (κ3) is 1.90. The first kappa shape index (κ1) is 11.4. The van der Waals surface area contributed by atoms with Crippen LogP contribution in [0, 0.1) is 0 Å². The maximum atomic E-state index is 12.0. The highest BCUT2D eigenvalue weighted by atomic mass is 32.2. The van der Waals surface area contributed by atoms with Gasteiger partial charge in [0.15, 0.2) is 0 Å². The molecule has 1 aliphatic carbocycles. The predicted molar refractivity (Wildman–Crippen MR) is 65.3 cm³/mol. The molecule has 3 nitrogen and oxygen atoms in total. The fraction of sp³-hybridized carbons (Fsp3) is 0.333. The average Bonchev–Trinajstić information content (AvgIpc) is 2.28. The van der Waals surface area contributed by atoms with Crippen molar-refractivity contribution in [1.29, 1.82) is 0 Å². The zero-order valence-electron chi connectivity index (χ0n) is 9.47. The van der Waals surface area contributed by atoms with Crippen LogP contribution in [0.2, 0.25) is 0 Å². The van der Waals surface area contributed by atoms with E-state index in [-0.39, 0.29) is 0 Å². The number of hydrogen-bond acceptors (Lipinski definition) is 2. The third-order valence-electron chi connectivity index (χ3n) is 2.82. The lowest BCUT2D eigenvalue weighted by Crippen LogP contribution is -2.24. The maximum absolute atomic E-state index is 12.0. The van der Waals surface area contributed by atoms with Gasteiger partial charge in [0.2, 0.25) is 10.0 Å². The number of benzene rings is 1. The molecule has 1 aliphatic rings. The lowest BCUT2D eigenvalue weighted by molar-refractivity contribution is 0.526. The summed E-state index contributed by atoms with van der Waals surface area (Å²) in [6.45, 7) is 0. The van der Waals surface area contributed by atoms with Crippen molar-refractivity contribution in [3.8, 4) is 0 Å². The van der Waals surface area contributed by atoms with Gasteiger partial charge in [0, 0.05) is 14.1 Å². The van der Waals surface area contributed by atoms with Crippen LogP contribution in [-0.2, 0) is 16.4 Å². The van der Waals surface area contributed by atoms with E-state index in [2.05, 4.69) is 0 Å². The summed E-state index contributed by atoms with van der Waals surface area (Å²) in [7, 11) is -0.116. The average molecular weight is 237 g/mol. The second kappa shape index (κ2) is 4.03. The first-order valence-corrected chi connectivity index (χ1v) is 6.67. The van der Waals surface area contributed by atoms with E-state index in [1.807, 2.05) is 24.3 Å². The van der Waals surface area contributed by atoms with Crippen LogP contribution in [0.25, 0.3) is 6.08 Å². The minimum atomic E-state index is -3.25. The quantitative estimate of drug-likeness (QED) is 0.787. The van der Waals surface area contributed by atoms with Crippen LogP contribution < -0.4 is 0 Å². The van der Waals surface area contributed by atoms with Gasteiger partial charge >= 0.3 is 0 Å². The Morgan fingerprint density at radius 2 is 1.81 bits per heavy atom. The fourth-order valence-corrected chi connectivity index (χ4v) is 2.95. The molecule has 86 valence electrons. The molecule has 4 heteroatoms. The van der Waals surface area contributed by atoms with E-state index < -0.39 is 10.0 Å². The Labute approximate surface area is 96.4 Å². The van der Waals surface area contributed by atoms with E-state index in [0.717, 1.165) is 12.0 Å². The van der Waals surface area contributed by atoms with Gasteiger partial charge in [0.1, 0.15) is 0 Å². The SMILES string of the molecule is CN(C)S(=O)(=O)C1=Cc2ccccc2CC1. The molecule has 0 unspecified atom stereocenters. The van der Waals surface area contributed by atoms with Crippen LogP contribution in [0.15, 0.2) is 29.2 Å². The summed E-state index contributed by atoms with van der Waals surface area (Å²) < 4.78 is 25.2. The van der Waals surface area contributed by atoms with Crippen molar-refractivity contribution in [3.63, 3.8) is 0 Å². The van der Waals surface area contributed by atoms with Crippen molar-refractivity contribution in [1.82, 2.24) is 4.31 Å². The topological polar surface area (TPSA) is 37.4 Å². The minimum Gasteiger partial charge on any atom is -0.207 e. The van der Waals surface area contributed by atoms with Crippen molar-refractivity contribution >= 4 is 16.1 Å².